The van der Waals surface area contributed by atoms with Crippen molar-refractivity contribution in [2.24, 2.45) is 4.99 Å². The van der Waals surface area contributed by atoms with Gasteiger partial charge in [0.1, 0.15) is 6.04 Å². The number of thioether (sulfide) groups is 1. The van der Waals surface area contributed by atoms with Crippen molar-refractivity contribution >= 4 is 28.5 Å². The van der Waals surface area contributed by atoms with E-state index in [4.69, 9.17) is 26.1 Å². The van der Waals surface area contributed by atoms with Crippen molar-refractivity contribution in [3.05, 3.63) is 52.8 Å². The molecule has 1 aromatic carbocycles. The van der Waals surface area contributed by atoms with Crippen molar-refractivity contribution in [2.75, 3.05) is 20.8 Å². The number of aromatic nitrogens is 1. The minimum atomic E-state index is -0.0956. The molecule has 1 aromatic heterocycles. The Balaban J connectivity index is 1.82. The van der Waals surface area contributed by atoms with Crippen molar-refractivity contribution in [2.45, 2.75) is 24.3 Å². The predicted molar refractivity (Wildman–Crippen MR) is 105 cm³/mol. The molecule has 26 heavy (non-hydrogen) atoms. The van der Waals surface area contributed by atoms with Crippen LogP contribution in [0.5, 0.6) is 11.5 Å². The average molecular weight is 390 g/mol. The van der Waals surface area contributed by atoms with Crippen LogP contribution >= 0.6 is 23.4 Å². The Labute approximate surface area is 162 Å². The summed E-state index contributed by atoms with van der Waals surface area (Å²) in [5.41, 5.74) is 1.92. The fourth-order valence-corrected chi connectivity index (χ4v) is 4.91. The van der Waals surface area contributed by atoms with E-state index in [-0.39, 0.29) is 12.1 Å². The van der Waals surface area contributed by atoms with Crippen LogP contribution < -0.4 is 9.47 Å². The van der Waals surface area contributed by atoms with Gasteiger partial charge in [-0.2, -0.15) is 0 Å². The third-order valence-electron chi connectivity index (χ3n) is 4.70. The highest BCUT2D eigenvalue weighted by molar-refractivity contribution is 8.14. The van der Waals surface area contributed by atoms with Crippen LogP contribution in [0.3, 0.4) is 0 Å². The molecular weight excluding hydrogens is 370 g/mol. The lowest BCUT2D eigenvalue weighted by Crippen LogP contribution is -2.28. The fourth-order valence-electron chi connectivity index (χ4n) is 3.55. The minimum absolute atomic E-state index is 0.00958. The van der Waals surface area contributed by atoms with Crippen molar-refractivity contribution in [3.8, 4) is 11.5 Å². The van der Waals surface area contributed by atoms with Crippen molar-refractivity contribution in [1.29, 1.82) is 0 Å². The minimum Gasteiger partial charge on any atom is -0.493 e. The van der Waals surface area contributed by atoms with Gasteiger partial charge in [-0.1, -0.05) is 36.4 Å². The molecule has 3 heterocycles. The predicted octanol–water partition coefficient (Wildman–Crippen LogP) is 4.34. The van der Waals surface area contributed by atoms with Crippen LogP contribution in [-0.4, -0.2) is 41.1 Å². The Hall–Kier alpha value is -1.92. The molecule has 2 aliphatic rings. The van der Waals surface area contributed by atoms with Crippen molar-refractivity contribution < 1.29 is 9.47 Å². The molecule has 1 fully saturated rings. The number of hydrogen-bond acceptors (Lipinski definition) is 6. The first-order valence-corrected chi connectivity index (χ1v) is 9.71. The Morgan fingerprint density at radius 2 is 1.96 bits per heavy atom. The zero-order chi connectivity index (χ0) is 18.3. The number of aliphatic imine (C=N–C) groups is 1. The van der Waals surface area contributed by atoms with Crippen LogP contribution in [-0.2, 0) is 0 Å². The van der Waals surface area contributed by atoms with E-state index >= 15 is 0 Å². The second-order valence-corrected chi connectivity index (χ2v) is 8.18. The normalized spacial score (nSPS) is 24.4. The molecule has 2 aliphatic heterocycles. The Morgan fingerprint density at radius 3 is 2.65 bits per heavy atom. The van der Waals surface area contributed by atoms with Crippen LogP contribution in [0.25, 0.3) is 0 Å². The van der Waals surface area contributed by atoms with E-state index in [9.17, 15) is 0 Å². The summed E-state index contributed by atoms with van der Waals surface area (Å²) in [5, 5.41) is 2.21. The maximum atomic E-state index is 6.66. The second kappa shape index (κ2) is 7.00. The topological polar surface area (TPSA) is 47.0 Å². The summed E-state index contributed by atoms with van der Waals surface area (Å²) < 4.78 is 10.9. The maximum Gasteiger partial charge on any atom is 0.162 e. The van der Waals surface area contributed by atoms with Gasteiger partial charge in [0.25, 0.3) is 0 Å². The summed E-state index contributed by atoms with van der Waals surface area (Å²) in [5.74, 6) is 1.29. The number of benzene rings is 1. The number of fused-ring (bicyclic) bond motifs is 1. The summed E-state index contributed by atoms with van der Waals surface area (Å²) in [6, 6.07) is 9.61. The van der Waals surface area contributed by atoms with Gasteiger partial charge in [-0.3, -0.25) is 9.98 Å². The SMILES string of the molecule is COc1cc(Cl)c([C@@H]2[C@@H](c3ccccn3)N=C3S[C@@H](C)CN32)cc1OC. The number of rotatable bonds is 4. The van der Waals surface area contributed by atoms with E-state index in [2.05, 4.69) is 16.8 Å². The molecule has 0 saturated carbocycles. The van der Waals surface area contributed by atoms with E-state index < -0.39 is 0 Å². The van der Waals surface area contributed by atoms with Gasteiger partial charge in [-0.15, -0.1) is 0 Å². The Morgan fingerprint density at radius 1 is 1.19 bits per heavy atom. The molecule has 0 spiro atoms. The molecule has 2 aromatic rings. The molecule has 4 rings (SSSR count). The lowest BCUT2D eigenvalue weighted by atomic mass is 9.96. The number of amidine groups is 1. The lowest BCUT2D eigenvalue weighted by Gasteiger charge is -2.28. The molecule has 0 bridgehead atoms. The first-order valence-electron chi connectivity index (χ1n) is 8.45. The highest BCUT2D eigenvalue weighted by Crippen LogP contribution is 2.50. The van der Waals surface area contributed by atoms with Gasteiger partial charge < -0.3 is 14.4 Å². The van der Waals surface area contributed by atoms with Gasteiger partial charge in [0.2, 0.25) is 0 Å². The summed E-state index contributed by atoms with van der Waals surface area (Å²) in [6.45, 7) is 3.15. The van der Waals surface area contributed by atoms with Crippen LogP contribution in [0.1, 0.15) is 30.3 Å². The molecule has 0 aliphatic carbocycles. The molecule has 0 N–H and O–H groups in total. The zero-order valence-electron chi connectivity index (χ0n) is 14.8. The third-order valence-corrected chi connectivity index (χ3v) is 6.13. The van der Waals surface area contributed by atoms with Gasteiger partial charge in [0.15, 0.2) is 16.7 Å². The molecule has 136 valence electrons. The first kappa shape index (κ1) is 17.5. The standard InChI is InChI=1S/C19H20ClN3O2S/c1-11-10-23-18(12-8-15(24-2)16(25-3)9-13(12)20)17(22-19(23)26-11)14-6-4-5-7-21-14/h4-9,11,17-18H,10H2,1-3H3/t11-,17+,18+/m0/s1. The summed E-state index contributed by atoms with van der Waals surface area (Å²) in [6.07, 6.45) is 1.81. The van der Waals surface area contributed by atoms with Gasteiger partial charge in [-0.25, -0.2) is 0 Å². The van der Waals surface area contributed by atoms with E-state index in [0.717, 1.165) is 23.0 Å². The van der Waals surface area contributed by atoms with E-state index in [1.54, 1.807) is 26.0 Å². The Kier molecular flexibility index (Phi) is 4.71. The number of nitrogens with zero attached hydrogens (tertiary/aromatic N) is 3. The average Bonchev–Trinajstić information content (AvgIpc) is 3.18. The monoisotopic (exact) mass is 389 g/mol. The number of pyridine rings is 1. The summed E-state index contributed by atoms with van der Waals surface area (Å²) in [7, 11) is 3.25. The Bertz CT molecular complexity index is 846. The highest BCUT2D eigenvalue weighted by Gasteiger charge is 2.44. The van der Waals surface area contributed by atoms with Gasteiger partial charge >= 0.3 is 0 Å². The van der Waals surface area contributed by atoms with Crippen molar-refractivity contribution in [1.82, 2.24) is 9.88 Å². The van der Waals surface area contributed by atoms with E-state index in [1.165, 1.54) is 0 Å². The largest absolute Gasteiger partial charge is 0.493 e. The highest BCUT2D eigenvalue weighted by atomic mass is 35.5. The van der Waals surface area contributed by atoms with Crippen LogP contribution in [0, 0.1) is 0 Å². The number of ether oxygens (including phenoxy) is 2. The number of methoxy groups -OCH3 is 2. The zero-order valence-corrected chi connectivity index (χ0v) is 16.4. The van der Waals surface area contributed by atoms with Crippen LogP contribution in [0.2, 0.25) is 5.02 Å². The number of hydrogen-bond donors (Lipinski definition) is 0. The molecule has 7 heteroatoms. The first-order chi connectivity index (χ1) is 12.6. The molecule has 0 amide bonds. The van der Waals surface area contributed by atoms with E-state index in [1.807, 2.05) is 36.5 Å². The lowest BCUT2D eigenvalue weighted by molar-refractivity contribution is 0.317. The van der Waals surface area contributed by atoms with Crippen molar-refractivity contribution in [3.63, 3.8) is 0 Å². The number of halogens is 1. The quantitative estimate of drug-likeness (QED) is 0.778. The molecule has 3 atom stereocenters. The fraction of sp³-hybridized carbons (Fsp3) is 0.368. The van der Waals surface area contributed by atoms with Gasteiger partial charge in [0.05, 0.1) is 26.0 Å². The van der Waals surface area contributed by atoms with E-state index in [0.29, 0.717) is 21.8 Å². The van der Waals surface area contributed by atoms with Gasteiger partial charge in [-0.05, 0) is 23.8 Å². The summed E-state index contributed by atoms with van der Waals surface area (Å²) in [4.78, 5) is 11.9. The van der Waals surface area contributed by atoms with Gasteiger partial charge in [0, 0.05) is 29.1 Å². The molecule has 0 unspecified atom stereocenters. The second-order valence-electron chi connectivity index (χ2n) is 6.37. The molecule has 5 nitrogen and oxygen atoms in total. The molecule has 1 saturated heterocycles. The smallest absolute Gasteiger partial charge is 0.162 e. The third kappa shape index (κ3) is 2.91. The molecule has 0 radical (unpaired) electrons. The summed E-state index contributed by atoms with van der Waals surface area (Å²) >= 11 is 8.46. The maximum absolute atomic E-state index is 6.66. The van der Waals surface area contributed by atoms with Crippen LogP contribution in [0.15, 0.2) is 41.5 Å². The molecular formula is C19H20ClN3O2S. The van der Waals surface area contributed by atoms with Crippen LogP contribution in [0.4, 0.5) is 0 Å².